The van der Waals surface area contributed by atoms with E-state index in [0.29, 0.717) is 5.82 Å². The van der Waals surface area contributed by atoms with Crippen LogP contribution in [-0.4, -0.2) is 22.0 Å². The van der Waals surface area contributed by atoms with Crippen molar-refractivity contribution in [1.82, 2.24) is 4.98 Å². The number of aromatic nitrogens is 1. The van der Waals surface area contributed by atoms with Crippen LogP contribution in [0.25, 0.3) is 0 Å². The average molecular weight is 248 g/mol. The molecule has 1 saturated carbocycles. The molecule has 0 radical (unpaired) electrons. The van der Waals surface area contributed by atoms with Gasteiger partial charge in [-0.25, -0.2) is 9.78 Å². The van der Waals surface area contributed by atoms with E-state index >= 15 is 0 Å². The Morgan fingerprint density at radius 2 is 1.94 bits per heavy atom. The third kappa shape index (κ3) is 3.06. The summed E-state index contributed by atoms with van der Waals surface area (Å²) in [4.78, 5) is 26.5. The molecule has 1 fully saturated rings. The van der Waals surface area contributed by atoms with Crippen molar-refractivity contribution in [3.05, 3.63) is 23.9 Å². The van der Waals surface area contributed by atoms with E-state index < -0.39 is 5.97 Å². The zero-order chi connectivity index (χ0) is 13.0. The smallest absolute Gasteiger partial charge is 0.337 e. The van der Waals surface area contributed by atoms with Gasteiger partial charge in [-0.1, -0.05) is 19.3 Å². The van der Waals surface area contributed by atoms with Crippen molar-refractivity contribution in [2.75, 3.05) is 5.32 Å². The highest BCUT2D eigenvalue weighted by atomic mass is 16.4. The predicted octanol–water partition coefficient (Wildman–Crippen LogP) is 2.30. The highest BCUT2D eigenvalue weighted by Crippen LogP contribution is 2.24. The fourth-order valence-corrected chi connectivity index (χ4v) is 2.19. The van der Waals surface area contributed by atoms with Crippen molar-refractivity contribution in [2.24, 2.45) is 5.92 Å². The van der Waals surface area contributed by atoms with Crippen LogP contribution in [0.5, 0.6) is 0 Å². The lowest BCUT2D eigenvalue weighted by Gasteiger charge is -2.20. The summed E-state index contributed by atoms with van der Waals surface area (Å²) in [5, 5.41) is 11.5. The SMILES string of the molecule is O=C(O)c1ccc(NC(=O)C2CCCCC2)nc1. The van der Waals surface area contributed by atoms with Gasteiger partial charge >= 0.3 is 5.97 Å². The van der Waals surface area contributed by atoms with E-state index in [1.54, 1.807) is 0 Å². The summed E-state index contributed by atoms with van der Waals surface area (Å²) in [6, 6.07) is 2.95. The minimum atomic E-state index is -1.02. The van der Waals surface area contributed by atoms with E-state index in [9.17, 15) is 9.59 Å². The minimum absolute atomic E-state index is 0.00900. The lowest BCUT2D eigenvalue weighted by molar-refractivity contribution is -0.120. The van der Waals surface area contributed by atoms with E-state index in [2.05, 4.69) is 10.3 Å². The molecule has 0 unspecified atom stereocenters. The maximum absolute atomic E-state index is 11.9. The van der Waals surface area contributed by atoms with E-state index in [-0.39, 0.29) is 17.4 Å². The molecular formula is C13H16N2O3. The number of hydrogen-bond acceptors (Lipinski definition) is 3. The quantitative estimate of drug-likeness (QED) is 0.860. The van der Waals surface area contributed by atoms with Crippen molar-refractivity contribution in [3.63, 3.8) is 0 Å². The van der Waals surface area contributed by atoms with Crippen LogP contribution in [-0.2, 0) is 4.79 Å². The molecule has 2 rings (SSSR count). The molecule has 2 N–H and O–H groups in total. The van der Waals surface area contributed by atoms with Gasteiger partial charge in [0.15, 0.2) is 0 Å². The van der Waals surface area contributed by atoms with Gasteiger partial charge in [-0.3, -0.25) is 4.79 Å². The van der Waals surface area contributed by atoms with Crippen molar-refractivity contribution in [2.45, 2.75) is 32.1 Å². The monoisotopic (exact) mass is 248 g/mol. The first kappa shape index (κ1) is 12.5. The summed E-state index contributed by atoms with van der Waals surface area (Å²) in [7, 11) is 0. The van der Waals surface area contributed by atoms with E-state index in [1.807, 2.05) is 0 Å². The summed E-state index contributed by atoms with van der Waals surface area (Å²) in [5.74, 6) is -0.548. The maximum Gasteiger partial charge on any atom is 0.337 e. The molecule has 0 atom stereocenters. The number of carbonyl (C=O) groups excluding carboxylic acids is 1. The second-order valence-electron chi connectivity index (χ2n) is 4.56. The average Bonchev–Trinajstić information content (AvgIpc) is 2.40. The van der Waals surface area contributed by atoms with Gasteiger partial charge in [0.25, 0.3) is 0 Å². The topological polar surface area (TPSA) is 79.3 Å². The van der Waals surface area contributed by atoms with Gasteiger partial charge < -0.3 is 10.4 Å². The first-order chi connectivity index (χ1) is 8.66. The molecule has 5 heteroatoms. The Bertz CT molecular complexity index is 436. The number of nitrogens with zero attached hydrogens (tertiary/aromatic N) is 1. The number of amides is 1. The summed E-state index contributed by atoms with van der Waals surface area (Å²) in [6.07, 6.45) is 6.51. The number of rotatable bonds is 3. The van der Waals surface area contributed by atoms with Crippen molar-refractivity contribution >= 4 is 17.7 Å². The molecule has 1 heterocycles. The first-order valence-electron chi connectivity index (χ1n) is 6.17. The maximum atomic E-state index is 11.9. The number of carboxylic acid groups (broad SMARTS) is 1. The van der Waals surface area contributed by atoms with Crippen LogP contribution < -0.4 is 5.32 Å². The third-order valence-corrected chi connectivity index (χ3v) is 3.24. The molecular weight excluding hydrogens is 232 g/mol. The molecule has 1 amide bonds. The summed E-state index contributed by atoms with van der Waals surface area (Å²) in [5.41, 5.74) is 0.116. The van der Waals surface area contributed by atoms with Crippen LogP contribution in [0.2, 0.25) is 0 Å². The van der Waals surface area contributed by atoms with Crippen LogP contribution in [0.4, 0.5) is 5.82 Å². The molecule has 18 heavy (non-hydrogen) atoms. The van der Waals surface area contributed by atoms with Gasteiger partial charge in [0.1, 0.15) is 5.82 Å². The standard InChI is InChI=1S/C13H16N2O3/c16-12(9-4-2-1-3-5-9)15-11-7-6-10(8-14-11)13(17)18/h6-9H,1-5H2,(H,17,18)(H,14,15,16). The molecule has 0 saturated heterocycles. The number of pyridine rings is 1. The molecule has 5 nitrogen and oxygen atoms in total. The van der Waals surface area contributed by atoms with Crippen LogP contribution in [0.3, 0.4) is 0 Å². The van der Waals surface area contributed by atoms with Crippen molar-refractivity contribution < 1.29 is 14.7 Å². The van der Waals surface area contributed by atoms with Crippen LogP contribution in [0.15, 0.2) is 18.3 Å². The molecule has 0 aliphatic heterocycles. The van der Waals surface area contributed by atoms with Crippen molar-refractivity contribution in [1.29, 1.82) is 0 Å². The Kier molecular flexibility index (Phi) is 3.92. The summed E-state index contributed by atoms with van der Waals surface area (Å²) in [6.45, 7) is 0. The minimum Gasteiger partial charge on any atom is -0.478 e. The molecule has 0 aromatic carbocycles. The zero-order valence-electron chi connectivity index (χ0n) is 10.1. The largest absolute Gasteiger partial charge is 0.478 e. The van der Waals surface area contributed by atoms with Crippen LogP contribution in [0, 0.1) is 5.92 Å². The number of hydrogen-bond donors (Lipinski definition) is 2. The Labute approximate surface area is 105 Å². The van der Waals surface area contributed by atoms with Crippen LogP contribution >= 0.6 is 0 Å². The van der Waals surface area contributed by atoms with Gasteiger partial charge in [-0.2, -0.15) is 0 Å². The van der Waals surface area contributed by atoms with E-state index in [4.69, 9.17) is 5.11 Å². The van der Waals surface area contributed by atoms with Gasteiger partial charge in [-0.15, -0.1) is 0 Å². The molecule has 1 aromatic rings. The van der Waals surface area contributed by atoms with E-state index in [0.717, 1.165) is 25.7 Å². The van der Waals surface area contributed by atoms with Gasteiger partial charge in [0.2, 0.25) is 5.91 Å². The normalized spacial score (nSPS) is 16.2. The number of carbonyl (C=O) groups is 2. The van der Waals surface area contributed by atoms with Gasteiger partial charge in [0.05, 0.1) is 5.56 Å². The summed E-state index contributed by atoms with van der Waals surface area (Å²) < 4.78 is 0. The highest BCUT2D eigenvalue weighted by Gasteiger charge is 2.21. The Balaban J connectivity index is 1.96. The van der Waals surface area contributed by atoms with Crippen molar-refractivity contribution in [3.8, 4) is 0 Å². The fourth-order valence-electron chi connectivity index (χ4n) is 2.19. The molecule has 1 aromatic heterocycles. The Hall–Kier alpha value is -1.91. The second-order valence-corrected chi connectivity index (χ2v) is 4.56. The lowest BCUT2D eigenvalue weighted by Crippen LogP contribution is -2.25. The fraction of sp³-hybridized carbons (Fsp3) is 0.462. The van der Waals surface area contributed by atoms with Gasteiger partial charge in [0, 0.05) is 12.1 Å². The molecule has 96 valence electrons. The van der Waals surface area contributed by atoms with Crippen LogP contribution in [0.1, 0.15) is 42.5 Å². The van der Waals surface area contributed by atoms with Gasteiger partial charge in [-0.05, 0) is 25.0 Å². The number of carboxylic acids is 1. The third-order valence-electron chi connectivity index (χ3n) is 3.24. The summed E-state index contributed by atoms with van der Waals surface area (Å²) >= 11 is 0. The molecule has 0 bridgehead atoms. The second kappa shape index (κ2) is 5.62. The zero-order valence-corrected chi connectivity index (χ0v) is 10.1. The lowest BCUT2D eigenvalue weighted by atomic mass is 9.89. The number of anilines is 1. The van der Waals surface area contributed by atoms with E-state index in [1.165, 1.54) is 24.8 Å². The molecule has 1 aliphatic rings. The number of aromatic carboxylic acids is 1. The molecule has 1 aliphatic carbocycles. The molecule has 0 spiro atoms. The highest BCUT2D eigenvalue weighted by molar-refractivity contribution is 5.92. The first-order valence-corrected chi connectivity index (χ1v) is 6.17. The predicted molar refractivity (Wildman–Crippen MR) is 66.4 cm³/mol. The Morgan fingerprint density at radius 1 is 1.22 bits per heavy atom. The Morgan fingerprint density at radius 3 is 2.50 bits per heavy atom. The number of nitrogens with one attached hydrogen (secondary N) is 1.